The van der Waals surface area contributed by atoms with Gasteiger partial charge in [-0.3, -0.25) is 9.78 Å². The molecular formula is C21H19N3O2. The lowest BCUT2D eigenvalue weighted by Gasteiger charge is -2.05. The van der Waals surface area contributed by atoms with Crippen LogP contribution < -0.4 is 5.32 Å². The molecule has 130 valence electrons. The lowest BCUT2D eigenvalue weighted by Crippen LogP contribution is -2.24. The van der Waals surface area contributed by atoms with Crippen LogP contribution in [0.4, 0.5) is 0 Å². The number of amides is 1. The zero-order chi connectivity index (χ0) is 17.9. The molecule has 0 saturated heterocycles. The van der Waals surface area contributed by atoms with Crippen molar-refractivity contribution in [2.45, 2.75) is 13.0 Å². The van der Waals surface area contributed by atoms with Gasteiger partial charge < -0.3 is 14.3 Å². The number of furan rings is 1. The maximum atomic E-state index is 12.3. The molecule has 0 saturated carbocycles. The second kappa shape index (κ2) is 6.88. The Labute approximate surface area is 151 Å². The molecule has 5 nitrogen and oxygen atoms in total. The quantitative estimate of drug-likeness (QED) is 0.600. The normalized spacial score (nSPS) is 11.0. The topological polar surface area (TPSA) is 60.1 Å². The van der Waals surface area contributed by atoms with E-state index in [4.69, 9.17) is 4.42 Å². The van der Waals surface area contributed by atoms with Crippen molar-refractivity contribution in [1.82, 2.24) is 14.9 Å². The summed E-state index contributed by atoms with van der Waals surface area (Å²) in [6, 6.07) is 15.7. The summed E-state index contributed by atoms with van der Waals surface area (Å²) in [6.45, 7) is 0.453. The van der Waals surface area contributed by atoms with E-state index in [1.165, 1.54) is 0 Å². The van der Waals surface area contributed by atoms with Crippen molar-refractivity contribution in [3.8, 4) is 11.5 Å². The van der Waals surface area contributed by atoms with Gasteiger partial charge in [0, 0.05) is 36.9 Å². The van der Waals surface area contributed by atoms with Crippen LogP contribution in [0.2, 0.25) is 0 Å². The lowest BCUT2D eigenvalue weighted by atomic mass is 10.1. The van der Waals surface area contributed by atoms with Crippen LogP contribution in [0.3, 0.4) is 0 Å². The zero-order valence-electron chi connectivity index (χ0n) is 14.5. The Hall–Kier alpha value is -3.34. The van der Waals surface area contributed by atoms with E-state index in [0.717, 1.165) is 33.5 Å². The average Bonchev–Trinajstić information content (AvgIpc) is 3.30. The first-order valence-corrected chi connectivity index (χ1v) is 8.49. The van der Waals surface area contributed by atoms with Crippen LogP contribution in [0.25, 0.3) is 22.4 Å². The molecule has 0 aliphatic rings. The van der Waals surface area contributed by atoms with E-state index in [1.54, 1.807) is 12.5 Å². The summed E-state index contributed by atoms with van der Waals surface area (Å²) in [6.07, 6.45) is 5.76. The van der Waals surface area contributed by atoms with Gasteiger partial charge in [-0.2, -0.15) is 0 Å². The van der Waals surface area contributed by atoms with Crippen LogP contribution >= 0.6 is 0 Å². The molecule has 4 aromatic rings. The molecule has 0 aliphatic carbocycles. The summed E-state index contributed by atoms with van der Waals surface area (Å²) in [7, 11) is 2.00. The Balaban J connectivity index is 1.39. The van der Waals surface area contributed by atoms with Crippen LogP contribution in [-0.4, -0.2) is 15.5 Å². The number of hydrogen-bond donors (Lipinski definition) is 1. The molecule has 0 atom stereocenters. The van der Waals surface area contributed by atoms with E-state index in [9.17, 15) is 4.79 Å². The van der Waals surface area contributed by atoms with Crippen molar-refractivity contribution in [1.29, 1.82) is 0 Å². The molecule has 26 heavy (non-hydrogen) atoms. The van der Waals surface area contributed by atoms with E-state index in [2.05, 4.69) is 27.0 Å². The highest BCUT2D eigenvalue weighted by atomic mass is 16.3. The molecule has 0 fully saturated rings. The number of aromatic nitrogens is 2. The monoisotopic (exact) mass is 345 g/mol. The number of nitrogens with one attached hydrogen (secondary N) is 1. The lowest BCUT2D eigenvalue weighted by molar-refractivity contribution is -0.120. The van der Waals surface area contributed by atoms with Crippen LogP contribution in [0.15, 0.2) is 71.6 Å². The number of carbonyl (C=O) groups excluding carboxylic acids is 1. The Bertz CT molecular complexity index is 1030. The third-order valence-electron chi connectivity index (χ3n) is 4.42. The molecule has 0 radical (unpaired) electrons. The molecular weight excluding hydrogens is 326 g/mol. The van der Waals surface area contributed by atoms with Crippen molar-refractivity contribution >= 4 is 16.8 Å². The zero-order valence-corrected chi connectivity index (χ0v) is 14.5. The molecule has 1 N–H and O–H groups in total. The summed E-state index contributed by atoms with van der Waals surface area (Å²) in [5.74, 6) is 0.730. The smallest absolute Gasteiger partial charge is 0.224 e. The van der Waals surface area contributed by atoms with Crippen LogP contribution in [0.1, 0.15) is 11.1 Å². The van der Waals surface area contributed by atoms with Crippen molar-refractivity contribution in [3.05, 3.63) is 78.3 Å². The number of fused-ring (bicyclic) bond motifs is 1. The van der Waals surface area contributed by atoms with Crippen LogP contribution in [-0.2, 0) is 24.8 Å². The van der Waals surface area contributed by atoms with Gasteiger partial charge in [0.05, 0.1) is 12.7 Å². The predicted octanol–water partition coefficient (Wildman–Crippen LogP) is 3.69. The van der Waals surface area contributed by atoms with Gasteiger partial charge in [-0.15, -0.1) is 0 Å². The van der Waals surface area contributed by atoms with E-state index in [0.29, 0.717) is 13.0 Å². The molecule has 1 aromatic carbocycles. The number of pyridine rings is 1. The van der Waals surface area contributed by atoms with Gasteiger partial charge >= 0.3 is 0 Å². The van der Waals surface area contributed by atoms with Crippen LogP contribution in [0.5, 0.6) is 0 Å². The molecule has 0 spiro atoms. The van der Waals surface area contributed by atoms with E-state index in [-0.39, 0.29) is 5.91 Å². The number of para-hydroxylation sites is 1. The highest BCUT2D eigenvalue weighted by Gasteiger charge is 2.10. The largest absolute Gasteiger partial charge is 0.463 e. The number of rotatable bonds is 5. The molecule has 4 rings (SSSR count). The summed E-state index contributed by atoms with van der Waals surface area (Å²) in [5.41, 5.74) is 3.90. The SMILES string of the molecule is Cn1cc(CC(=O)NCc2ccc(-c3ccco3)nc2)c2ccccc21. The first kappa shape index (κ1) is 16.1. The fourth-order valence-electron chi connectivity index (χ4n) is 3.10. The van der Waals surface area contributed by atoms with Gasteiger partial charge in [0.25, 0.3) is 0 Å². The summed E-state index contributed by atoms with van der Waals surface area (Å²) in [5, 5.41) is 4.08. The van der Waals surface area contributed by atoms with Crippen molar-refractivity contribution in [2.75, 3.05) is 0 Å². The number of hydrogen-bond acceptors (Lipinski definition) is 3. The third-order valence-corrected chi connectivity index (χ3v) is 4.42. The second-order valence-electron chi connectivity index (χ2n) is 6.26. The van der Waals surface area contributed by atoms with Crippen molar-refractivity contribution in [2.24, 2.45) is 7.05 Å². The molecule has 3 heterocycles. The minimum absolute atomic E-state index is 0.00327. The van der Waals surface area contributed by atoms with Gasteiger partial charge in [0.15, 0.2) is 5.76 Å². The van der Waals surface area contributed by atoms with Crippen molar-refractivity contribution < 1.29 is 9.21 Å². The van der Waals surface area contributed by atoms with E-state index < -0.39 is 0 Å². The predicted molar refractivity (Wildman–Crippen MR) is 100 cm³/mol. The number of aryl methyl sites for hydroxylation is 1. The Kier molecular flexibility index (Phi) is 4.27. The third kappa shape index (κ3) is 3.24. The van der Waals surface area contributed by atoms with Gasteiger partial charge in [-0.05, 0) is 35.4 Å². The summed E-state index contributed by atoms with van der Waals surface area (Å²) in [4.78, 5) is 16.7. The van der Waals surface area contributed by atoms with Gasteiger partial charge in [0.1, 0.15) is 5.69 Å². The Morgan fingerprint density at radius 2 is 2.04 bits per heavy atom. The standard InChI is InChI=1S/C21H19N3O2/c1-24-14-16(17-5-2-3-6-19(17)24)11-21(25)23-13-15-8-9-18(22-12-15)20-7-4-10-26-20/h2-10,12,14H,11,13H2,1H3,(H,23,25). The van der Waals surface area contributed by atoms with Gasteiger partial charge in [0.2, 0.25) is 5.91 Å². The molecule has 5 heteroatoms. The minimum Gasteiger partial charge on any atom is -0.463 e. The molecule has 3 aromatic heterocycles. The summed E-state index contributed by atoms with van der Waals surface area (Å²) >= 11 is 0. The maximum Gasteiger partial charge on any atom is 0.224 e. The Morgan fingerprint density at radius 1 is 1.15 bits per heavy atom. The van der Waals surface area contributed by atoms with Crippen LogP contribution in [0, 0.1) is 0 Å². The van der Waals surface area contributed by atoms with Gasteiger partial charge in [-0.25, -0.2) is 0 Å². The van der Waals surface area contributed by atoms with Crippen molar-refractivity contribution in [3.63, 3.8) is 0 Å². The van der Waals surface area contributed by atoms with Gasteiger partial charge in [-0.1, -0.05) is 24.3 Å². The Morgan fingerprint density at radius 3 is 2.81 bits per heavy atom. The fourth-order valence-corrected chi connectivity index (χ4v) is 3.10. The summed E-state index contributed by atoms with van der Waals surface area (Å²) < 4.78 is 7.38. The molecule has 1 amide bonds. The molecule has 0 unspecified atom stereocenters. The number of carbonyl (C=O) groups is 1. The molecule has 0 aliphatic heterocycles. The van der Waals surface area contributed by atoms with E-state index in [1.807, 2.05) is 49.6 Å². The number of nitrogens with zero attached hydrogens (tertiary/aromatic N) is 2. The second-order valence-corrected chi connectivity index (χ2v) is 6.26. The number of benzene rings is 1. The first-order valence-electron chi connectivity index (χ1n) is 8.49. The van der Waals surface area contributed by atoms with E-state index >= 15 is 0 Å². The minimum atomic E-state index is -0.00327. The first-order chi connectivity index (χ1) is 12.7. The highest BCUT2D eigenvalue weighted by Crippen LogP contribution is 2.21. The molecule has 0 bridgehead atoms. The highest BCUT2D eigenvalue weighted by molar-refractivity contribution is 5.89. The average molecular weight is 345 g/mol. The fraction of sp³-hybridized carbons (Fsp3) is 0.143. The maximum absolute atomic E-state index is 12.3.